The van der Waals surface area contributed by atoms with Crippen LogP contribution in [-0.2, 0) is 0 Å². The molecular formula is C11H17F3N4S. The third kappa shape index (κ3) is 5.54. The molecule has 0 fully saturated rings. The molecule has 0 aliphatic rings. The number of alkyl halides is 3. The van der Waals surface area contributed by atoms with Crippen molar-refractivity contribution in [3.63, 3.8) is 0 Å². The number of anilines is 2. The Morgan fingerprint density at radius 1 is 1.37 bits per heavy atom. The molecule has 0 aromatic carbocycles. The van der Waals surface area contributed by atoms with Gasteiger partial charge in [-0.3, -0.25) is 0 Å². The van der Waals surface area contributed by atoms with Crippen molar-refractivity contribution in [3.8, 4) is 0 Å². The fourth-order valence-corrected chi connectivity index (χ4v) is 1.75. The van der Waals surface area contributed by atoms with Crippen molar-refractivity contribution in [2.75, 3.05) is 36.6 Å². The van der Waals surface area contributed by atoms with Gasteiger partial charge in [0.2, 0.25) is 0 Å². The van der Waals surface area contributed by atoms with Gasteiger partial charge >= 0.3 is 6.18 Å². The first kappa shape index (κ1) is 15.9. The van der Waals surface area contributed by atoms with Crippen LogP contribution < -0.4 is 10.2 Å². The minimum absolute atomic E-state index is 0.125. The second kappa shape index (κ2) is 6.83. The molecule has 1 aromatic rings. The van der Waals surface area contributed by atoms with Crippen molar-refractivity contribution in [1.29, 1.82) is 0 Å². The summed E-state index contributed by atoms with van der Waals surface area (Å²) in [5.41, 5.74) is 0. The highest BCUT2D eigenvalue weighted by Gasteiger charge is 2.27. The van der Waals surface area contributed by atoms with E-state index < -0.39 is 12.6 Å². The molecule has 0 aliphatic carbocycles. The summed E-state index contributed by atoms with van der Waals surface area (Å²) in [4.78, 5) is 9.91. The fraction of sp³-hybridized carbons (Fsp3) is 0.636. The number of thioether (sulfide) groups is 1. The molecule has 0 atom stereocenters. The molecule has 108 valence electrons. The lowest BCUT2D eigenvalue weighted by atomic mass is 10.3. The van der Waals surface area contributed by atoms with Gasteiger partial charge in [-0.05, 0) is 13.2 Å². The Kier molecular flexibility index (Phi) is 5.71. The largest absolute Gasteiger partial charge is 0.390 e. The van der Waals surface area contributed by atoms with Gasteiger partial charge in [-0.25, -0.2) is 9.97 Å². The standard InChI is InChI=1S/C11H17F3N4S/c1-4-15-8-7-9(17-10(16-8)19-3)18(2)6-5-11(12,13)14/h7H,4-6H2,1-3H3,(H,15,16,17). The molecule has 0 unspecified atom stereocenters. The molecule has 0 bridgehead atoms. The normalized spacial score (nSPS) is 11.5. The van der Waals surface area contributed by atoms with E-state index in [4.69, 9.17) is 0 Å². The second-order valence-electron chi connectivity index (χ2n) is 3.92. The molecule has 19 heavy (non-hydrogen) atoms. The lowest BCUT2D eigenvalue weighted by molar-refractivity contribution is -0.132. The highest BCUT2D eigenvalue weighted by atomic mass is 32.2. The van der Waals surface area contributed by atoms with Crippen LogP contribution in [0, 0.1) is 0 Å². The molecule has 8 heteroatoms. The van der Waals surface area contributed by atoms with Crippen LogP contribution in [0.25, 0.3) is 0 Å². The Labute approximate surface area is 114 Å². The SMILES string of the molecule is CCNc1cc(N(C)CCC(F)(F)F)nc(SC)n1. The Hall–Kier alpha value is -1.18. The number of halogens is 3. The number of rotatable bonds is 6. The van der Waals surface area contributed by atoms with E-state index in [1.54, 1.807) is 13.1 Å². The van der Waals surface area contributed by atoms with E-state index in [-0.39, 0.29) is 6.54 Å². The van der Waals surface area contributed by atoms with Crippen molar-refractivity contribution in [3.05, 3.63) is 6.07 Å². The summed E-state index contributed by atoms with van der Waals surface area (Å²) in [6.45, 7) is 2.49. The summed E-state index contributed by atoms with van der Waals surface area (Å²) in [6, 6.07) is 1.65. The van der Waals surface area contributed by atoms with Gasteiger partial charge in [0.25, 0.3) is 0 Å². The van der Waals surface area contributed by atoms with Crippen molar-refractivity contribution in [2.45, 2.75) is 24.7 Å². The average Bonchev–Trinajstić information content (AvgIpc) is 2.35. The molecule has 0 amide bonds. The molecule has 4 nitrogen and oxygen atoms in total. The molecule has 1 heterocycles. The Bertz CT molecular complexity index is 411. The van der Waals surface area contributed by atoms with E-state index in [2.05, 4.69) is 15.3 Å². The molecular weight excluding hydrogens is 277 g/mol. The molecule has 0 radical (unpaired) electrons. The number of nitrogens with one attached hydrogen (secondary N) is 1. The predicted octanol–water partition coefficient (Wildman–Crippen LogP) is 3.02. The zero-order valence-electron chi connectivity index (χ0n) is 11.1. The Balaban J connectivity index is 2.82. The molecule has 0 saturated carbocycles. The van der Waals surface area contributed by atoms with Crippen LogP contribution in [0.3, 0.4) is 0 Å². The zero-order chi connectivity index (χ0) is 14.5. The van der Waals surface area contributed by atoms with Crippen molar-refractivity contribution >= 4 is 23.4 Å². The minimum Gasteiger partial charge on any atom is -0.370 e. The van der Waals surface area contributed by atoms with E-state index in [1.807, 2.05) is 13.2 Å². The van der Waals surface area contributed by atoms with Gasteiger partial charge in [0, 0.05) is 26.2 Å². The summed E-state index contributed by atoms with van der Waals surface area (Å²) >= 11 is 1.35. The summed E-state index contributed by atoms with van der Waals surface area (Å²) in [7, 11) is 1.59. The first-order valence-electron chi connectivity index (χ1n) is 5.80. The maximum atomic E-state index is 12.2. The molecule has 1 rings (SSSR count). The highest BCUT2D eigenvalue weighted by Crippen LogP contribution is 2.23. The van der Waals surface area contributed by atoms with Gasteiger partial charge in [0.1, 0.15) is 11.6 Å². The molecule has 0 aliphatic heterocycles. The predicted molar refractivity (Wildman–Crippen MR) is 71.9 cm³/mol. The van der Waals surface area contributed by atoms with Gasteiger partial charge in [0.15, 0.2) is 5.16 Å². The summed E-state index contributed by atoms with van der Waals surface area (Å²) in [6.07, 6.45) is -3.20. The fourth-order valence-electron chi connectivity index (χ4n) is 1.38. The summed E-state index contributed by atoms with van der Waals surface area (Å²) < 4.78 is 36.6. The molecule has 0 saturated heterocycles. The van der Waals surface area contributed by atoms with Gasteiger partial charge in [0.05, 0.1) is 6.42 Å². The van der Waals surface area contributed by atoms with E-state index in [9.17, 15) is 13.2 Å². The molecule has 0 spiro atoms. The van der Waals surface area contributed by atoms with Crippen LogP contribution >= 0.6 is 11.8 Å². The maximum absolute atomic E-state index is 12.2. The van der Waals surface area contributed by atoms with Crippen LogP contribution in [0.2, 0.25) is 0 Å². The monoisotopic (exact) mass is 294 g/mol. The van der Waals surface area contributed by atoms with Crippen LogP contribution in [-0.4, -0.2) is 42.5 Å². The quantitative estimate of drug-likeness (QED) is 0.645. The third-order valence-corrected chi connectivity index (χ3v) is 2.90. The third-order valence-electron chi connectivity index (χ3n) is 2.35. The number of nitrogens with zero attached hydrogens (tertiary/aromatic N) is 3. The Morgan fingerprint density at radius 2 is 2.05 bits per heavy atom. The Morgan fingerprint density at radius 3 is 2.58 bits per heavy atom. The first-order valence-corrected chi connectivity index (χ1v) is 7.03. The molecule has 1 aromatic heterocycles. The smallest absolute Gasteiger partial charge is 0.370 e. The number of aromatic nitrogens is 2. The van der Waals surface area contributed by atoms with E-state index in [0.717, 1.165) is 0 Å². The summed E-state index contributed by atoms with van der Waals surface area (Å²) in [5.74, 6) is 1.11. The van der Waals surface area contributed by atoms with Crippen LogP contribution in [0.5, 0.6) is 0 Å². The highest BCUT2D eigenvalue weighted by molar-refractivity contribution is 7.98. The van der Waals surface area contributed by atoms with E-state index in [1.165, 1.54) is 16.7 Å². The lowest BCUT2D eigenvalue weighted by Crippen LogP contribution is -2.25. The zero-order valence-corrected chi connectivity index (χ0v) is 11.9. The number of hydrogen-bond acceptors (Lipinski definition) is 5. The second-order valence-corrected chi connectivity index (χ2v) is 4.69. The topological polar surface area (TPSA) is 41.0 Å². The summed E-state index contributed by atoms with van der Waals surface area (Å²) in [5, 5.41) is 3.57. The van der Waals surface area contributed by atoms with Gasteiger partial charge in [-0.15, -0.1) is 0 Å². The van der Waals surface area contributed by atoms with Gasteiger partial charge in [-0.1, -0.05) is 11.8 Å². The first-order chi connectivity index (χ1) is 8.85. The van der Waals surface area contributed by atoms with Crippen LogP contribution in [0.15, 0.2) is 11.2 Å². The van der Waals surface area contributed by atoms with Crippen molar-refractivity contribution in [1.82, 2.24) is 9.97 Å². The van der Waals surface area contributed by atoms with Crippen LogP contribution in [0.1, 0.15) is 13.3 Å². The van der Waals surface area contributed by atoms with Gasteiger partial charge < -0.3 is 10.2 Å². The van der Waals surface area contributed by atoms with Crippen molar-refractivity contribution < 1.29 is 13.2 Å². The van der Waals surface area contributed by atoms with Crippen LogP contribution in [0.4, 0.5) is 24.8 Å². The minimum atomic E-state index is -4.16. The maximum Gasteiger partial charge on any atom is 0.390 e. The van der Waals surface area contributed by atoms with Gasteiger partial charge in [-0.2, -0.15) is 13.2 Å². The van der Waals surface area contributed by atoms with Crippen molar-refractivity contribution in [2.24, 2.45) is 0 Å². The number of hydrogen-bond donors (Lipinski definition) is 1. The van der Waals surface area contributed by atoms with E-state index >= 15 is 0 Å². The average molecular weight is 294 g/mol. The molecule has 1 N–H and O–H groups in total. The lowest BCUT2D eigenvalue weighted by Gasteiger charge is -2.20. The van der Waals surface area contributed by atoms with E-state index in [0.29, 0.717) is 23.3 Å².